The standard InChI is InChI=1S/C17H17FN2O2S/c1-11(16(21)12-4-6-13(18)7-5-12)19-9-14-10-23-17(20-14)15-3-2-8-22-15/h2-8,10-11,16,19,21H,9H2,1H3. The van der Waals surface area contributed by atoms with Crippen molar-refractivity contribution in [2.45, 2.75) is 25.6 Å². The summed E-state index contributed by atoms with van der Waals surface area (Å²) in [5.74, 6) is 0.440. The van der Waals surface area contributed by atoms with Gasteiger partial charge < -0.3 is 14.8 Å². The zero-order chi connectivity index (χ0) is 16.2. The quantitative estimate of drug-likeness (QED) is 0.722. The fraction of sp³-hybridized carbons (Fsp3) is 0.235. The van der Waals surface area contributed by atoms with Crippen LogP contribution in [0.25, 0.3) is 10.8 Å². The molecule has 2 heterocycles. The van der Waals surface area contributed by atoms with Crippen molar-refractivity contribution in [3.63, 3.8) is 0 Å². The monoisotopic (exact) mass is 332 g/mol. The number of thiazole rings is 1. The molecule has 0 bridgehead atoms. The molecule has 2 aromatic heterocycles. The second-order valence-electron chi connectivity index (χ2n) is 5.29. The summed E-state index contributed by atoms with van der Waals surface area (Å²) in [4.78, 5) is 4.50. The van der Waals surface area contributed by atoms with E-state index >= 15 is 0 Å². The van der Waals surface area contributed by atoms with E-state index in [2.05, 4.69) is 10.3 Å². The average Bonchev–Trinajstić information content (AvgIpc) is 3.23. The van der Waals surface area contributed by atoms with Crippen LogP contribution in [0.15, 0.2) is 52.5 Å². The smallest absolute Gasteiger partial charge is 0.162 e. The Hall–Kier alpha value is -2.02. The molecular weight excluding hydrogens is 315 g/mol. The van der Waals surface area contributed by atoms with Crippen molar-refractivity contribution < 1.29 is 13.9 Å². The Labute approximate surface area is 137 Å². The average molecular weight is 332 g/mol. The van der Waals surface area contributed by atoms with E-state index in [-0.39, 0.29) is 11.9 Å². The summed E-state index contributed by atoms with van der Waals surface area (Å²) in [6.45, 7) is 2.42. The Bertz CT molecular complexity index is 740. The predicted molar refractivity (Wildman–Crippen MR) is 87.5 cm³/mol. The van der Waals surface area contributed by atoms with Crippen LogP contribution in [0.2, 0.25) is 0 Å². The Kier molecular flexibility index (Phi) is 4.85. The molecule has 2 N–H and O–H groups in total. The normalized spacial score (nSPS) is 13.9. The van der Waals surface area contributed by atoms with Crippen LogP contribution < -0.4 is 5.32 Å². The van der Waals surface area contributed by atoms with Crippen molar-refractivity contribution in [3.8, 4) is 10.8 Å². The highest BCUT2D eigenvalue weighted by atomic mass is 32.1. The van der Waals surface area contributed by atoms with Crippen molar-refractivity contribution in [1.82, 2.24) is 10.3 Å². The van der Waals surface area contributed by atoms with Gasteiger partial charge in [0.05, 0.1) is 18.1 Å². The van der Waals surface area contributed by atoms with Crippen LogP contribution in [0.5, 0.6) is 0 Å². The molecule has 6 heteroatoms. The Morgan fingerprint density at radius 1 is 1.30 bits per heavy atom. The summed E-state index contributed by atoms with van der Waals surface area (Å²) < 4.78 is 18.2. The number of benzene rings is 1. The third-order valence-corrected chi connectivity index (χ3v) is 4.48. The molecule has 0 amide bonds. The highest BCUT2D eigenvalue weighted by Gasteiger charge is 2.16. The van der Waals surface area contributed by atoms with E-state index in [9.17, 15) is 9.50 Å². The maximum absolute atomic E-state index is 12.9. The first kappa shape index (κ1) is 15.9. The van der Waals surface area contributed by atoms with Crippen molar-refractivity contribution in [1.29, 1.82) is 0 Å². The van der Waals surface area contributed by atoms with Gasteiger partial charge in [0, 0.05) is 18.0 Å². The van der Waals surface area contributed by atoms with Gasteiger partial charge in [0.1, 0.15) is 5.82 Å². The number of aliphatic hydroxyl groups is 1. The number of hydrogen-bond donors (Lipinski definition) is 2. The minimum Gasteiger partial charge on any atom is -0.462 e. The van der Waals surface area contributed by atoms with Crippen molar-refractivity contribution in [3.05, 3.63) is 65.1 Å². The first-order valence-corrected chi connectivity index (χ1v) is 8.16. The molecular formula is C17H17FN2O2S. The highest BCUT2D eigenvalue weighted by molar-refractivity contribution is 7.13. The fourth-order valence-electron chi connectivity index (χ4n) is 2.23. The molecule has 4 nitrogen and oxygen atoms in total. The van der Waals surface area contributed by atoms with Gasteiger partial charge in [0.15, 0.2) is 10.8 Å². The van der Waals surface area contributed by atoms with Crippen LogP contribution in [0.4, 0.5) is 4.39 Å². The second-order valence-corrected chi connectivity index (χ2v) is 6.15. The maximum Gasteiger partial charge on any atom is 0.162 e. The van der Waals surface area contributed by atoms with Gasteiger partial charge in [-0.3, -0.25) is 0 Å². The molecule has 23 heavy (non-hydrogen) atoms. The molecule has 2 unspecified atom stereocenters. The fourth-order valence-corrected chi connectivity index (χ4v) is 3.01. The predicted octanol–water partition coefficient (Wildman–Crippen LogP) is 3.75. The van der Waals surface area contributed by atoms with Gasteiger partial charge in [-0.1, -0.05) is 12.1 Å². The van der Waals surface area contributed by atoms with Crippen molar-refractivity contribution >= 4 is 11.3 Å². The molecule has 0 saturated carbocycles. The zero-order valence-electron chi connectivity index (χ0n) is 12.6. The molecule has 0 aliphatic rings. The Morgan fingerprint density at radius 2 is 2.09 bits per heavy atom. The zero-order valence-corrected chi connectivity index (χ0v) is 13.4. The molecule has 2 atom stereocenters. The Balaban J connectivity index is 1.58. The van der Waals surface area contributed by atoms with E-state index in [1.165, 1.54) is 23.5 Å². The minimum atomic E-state index is -0.709. The lowest BCUT2D eigenvalue weighted by Crippen LogP contribution is -2.31. The van der Waals surface area contributed by atoms with Crippen LogP contribution in [-0.4, -0.2) is 16.1 Å². The molecule has 0 spiro atoms. The summed E-state index contributed by atoms with van der Waals surface area (Å²) in [5.41, 5.74) is 1.57. The number of nitrogens with zero attached hydrogens (tertiary/aromatic N) is 1. The van der Waals surface area contributed by atoms with E-state index in [1.807, 2.05) is 24.4 Å². The molecule has 120 valence electrons. The second kappa shape index (κ2) is 7.04. The van der Waals surface area contributed by atoms with E-state index in [0.717, 1.165) is 16.5 Å². The minimum absolute atomic E-state index is 0.186. The van der Waals surface area contributed by atoms with Gasteiger partial charge in [-0.25, -0.2) is 9.37 Å². The lowest BCUT2D eigenvalue weighted by Gasteiger charge is -2.20. The van der Waals surface area contributed by atoms with Crippen LogP contribution in [0, 0.1) is 5.82 Å². The molecule has 0 radical (unpaired) electrons. The van der Waals surface area contributed by atoms with Gasteiger partial charge in [-0.2, -0.15) is 0 Å². The third-order valence-electron chi connectivity index (χ3n) is 3.57. The van der Waals surface area contributed by atoms with Crippen LogP contribution in [0.1, 0.15) is 24.3 Å². The van der Waals surface area contributed by atoms with Gasteiger partial charge >= 0.3 is 0 Å². The molecule has 3 aromatic rings. The van der Waals surface area contributed by atoms with Gasteiger partial charge in [0.25, 0.3) is 0 Å². The molecule has 0 fully saturated rings. The van der Waals surface area contributed by atoms with Crippen molar-refractivity contribution in [2.75, 3.05) is 0 Å². The van der Waals surface area contributed by atoms with Gasteiger partial charge in [-0.05, 0) is 36.8 Å². The topological polar surface area (TPSA) is 58.3 Å². The van der Waals surface area contributed by atoms with Gasteiger partial charge in [0.2, 0.25) is 0 Å². The SMILES string of the molecule is CC(NCc1csc(-c2ccco2)n1)C(O)c1ccc(F)cc1. The van der Waals surface area contributed by atoms with Crippen molar-refractivity contribution in [2.24, 2.45) is 0 Å². The lowest BCUT2D eigenvalue weighted by atomic mass is 10.0. The third kappa shape index (κ3) is 3.85. The van der Waals surface area contributed by atoms with Crippen LogP contribution in [0.3, 0.4) is 0 Å². The number of furan rings is 1. The number of rotatable bonds is 6. The largest absolute Gasteiger partial charge is 0.462 e. The highest BCUT2D eigenvalue weighted by Crippen LogP contribution is 2.24. The molecule has 0 aliphatic carbocycles. The summed E-state index contributed by atoms with van der Waals surface area (Å²) in [6, 6.07) is 9.40. The first-order valence-electron chi connectivity index (χ1n) is 7.28. The summed E-state index contributed by atoms with van der Waals surface area (Å²) in [7, 11) is 0. The van der Waals surface area contributed by atoms with E-state index in [4.69, 9.17) is 4.42 Å². The number of nitrogens with one attached hydrogen (secondary N) is 1. The molecule has 0 saturated heterocycles. The number of halogens is 1. The van der Waals surface area contributed by atoms with E-state index in [1.54, 1.807) is 18.4 Å². The summed E-state index contributed by atoms with van der Waals surface area (Å²) in [5, 5.41) is 16.3. The van der Waals surface area contributed by atoms with E-state index < -0.39 is 6.10 Å². The Morgan fingerprint density at radius 3 is 2.78 bits per heavy atom. The van der Waals surface area contributed by atoms with Gasteiger partial charge in [-0.15, -0.1) is 11.3 Å². The van der Waals surface area contributed by atoms with Crippen LogP contribution >= 0.6 is 11.3 Å². The lowest BCUT2D eigenvalue weighted by molar-refractivity contribution is 0.135. The first-order chi connectivity index (χ1) is 11.1. The van der Waals surface area contributed by atoms with Crippen LogP contribution in [-0.2, 0) is 6.54 Å². The summed E-state index contributed by atoms with van der Waals surface area (Å²) >= 11 is 1.52. The molecule has 1 aromatic carbocycles. The maximum atomic E-state index is 12.9. The number of hydrogen-bond acceptors (Lipinski definition) is 5. The molecule has 3 rings (SSSR count). The van der Waals surface area contributed by atoms with E-state index in [0.29, 0.717) is 12.1 Å². The number of aliphatic hydroxyl groups excluding tert-OH is 1. The summed E-state index contributed by atoms with van der Waals surface area (Å²) in [6.07, 6.45) is 0.911. The molecule has 0 aliphatic heterocycles. The number of aromatic nitrogens is 1.